The van der Waals surface area contributed by atoms with Gasteiger partial charge in [-0.3, -0.25) is 14.5 Å². The standard InChI is InChI=1S/C20H27N5O/c26-20(25-13-6-10-19(25)17-9-4-5-12-21-17)18-15-24(23-22-18)14-11-16-7-2-1-3-8-16/h4-5,9,12,15-16,19H,1-3,6-8,10-11,13-14H2/t19-/m1/s1. The molecule has 1 saturated carbocycles. The first-order valence-electron chi connectivity index (χ1n) is 9.93. The van der Waals surface area contributed by atoms with Crippen molar-refractivity contribution in [2.45, 2.75) is 64.0 Å². The van der Waals surface area contributed by atoms with E-state index in [1.165, 1.54) is 32.1 Å². The minimum Gasteiger partial charge on any atom is -0.329 e. The molecule has 2 aliphatic rings. The second-order valence-electron chi connectivity index (χ2n) is 7.57. The minimum absolute atomic E-state index is 0.0259. The smallest absolute Gasteiger partial charge is 0.276 e. The van der Waals surface area contributed by atoms with Crippen LogP contribution in [0, 0.1) is 5.92 Å². The molecule has 0 aromatic carbocycles. The third kappa shape index (κ3) is 3.79. The van der Waals surface area contributed by atoms with Crippen LogP contribution in [-0.4, -0.2) is 37.3 Å². The Labute approximate surface area is 154 Å². The first-order chi connectivity index (χ1) is 12.8. The molecule has 0 spiro atoms. The molecule has 2 fully saturated rings. The average Bonchev–Trinajstić information content (AvgIpc) is 3.37. The molecule has 26 heavy (non-hydrogen) atoms. The van der Waals surface area contributed by atoms with Crippen molar-refractivity contribution in [3.63, 3.8) is 0 Å². The van der Waals surface area contributed by atoms with Crippen molar-refractivity contribution in [2.75, 3.05) is 6.54 Å². The van der Waals surface area contributed by atoms with Gasteiger partial charge in [-0.05, 0) is 37.3 Å². The van der Waals surface area contributed by atoms with E-state index in [-0.39, 0.29) is 11.9 Å². The lowest BCUT2D eigenvalue weighted by Crippen LogP contribution is -2.31. The van der Waals surface area contributed by atoms with Crippen molar-refractivity contribution in [3.8, 4) is 0 Å². The number of nitrogens with zero attached hydrogens (tertiary/aromatic N) is 5. The zero-order valence-electron chi connectivity index (χ0n) is 15.3. The highest BCUT2D eigenvalue weighted by Gasteiger charge is 2.32. The van der Waals surface area contributed by atoms with Crippen molar-refractivity contribution >= 4 is 5.91 Å². The third-order valence-electron chi connectivity index (χ3n) is 5.79. The van der Waals surface area contributed by atoms with Gasteiger partial charge in [-0.25, -0.2) is 0 Å². The van der Waals surface area contributed by atoms with Crippen LogP contribution in [0.5, 0.6) is 0 Å². The fourth-order valence-electron chi connectivity index (χ4n) is 4.33. The van der Waals surface area contributed by atoms with Crippen molar-refractivity contribution in [2.24, 2.45) is 5.92 Å². The van der Waals surface area contributed by atoms with Crippen molar-refractivity contribution < 1.29 is 4.79 Å². The lowest BCUT2D eigenvalue weighted by molar-refractivity contribution is 0.0727. The van der Waals surface area contributed by atoms with E-state index in [1.807, 2.05) is 34.0 Å². The van der Waals surface area contributed by atoms with E-state index in [2.05, 4.69) is 15.3 Å². The zero-order valence-corrected chi connectivity index (χ0v) is 15.3. The van der Waals surface area contributed by atoms with Gasteiger partial charge in [-0.15, -0.1) is 5.10 Å². The van der Waals surface area contributed by atoms with Crippen LogP contribution in [0.15, 0.2) is 30.6 Å². The molecule has 6 nitrogen and oxygen atoms in total. The molecule has 0 bridgehead atoms. The maximum absolute atomic E-state index is 12.9. The Hall–Kier alpha value is -2.24. The third-order valence-corrected chi connectivity index (χ3v) is 5.79. The van der Waals surface area contributed by atoms with Gasteiger partial charge in [0.25, 0.3) is 5.91 Å². The topological polar surface area (TPSA) is 63.9 Å². The maximum Gasteiger partial charge on any atom is 0.276 e. The molecular formula is C20H27N5O. The van der Waals surface area contributed by atoms with Gasteiger partial charge >= 0.3 is 0 Å². The summed E-state index contributed by atoms with van der Waals surface area (Å²) in [5.41, 5.74) is 1.42. The summed E-state index contributed by atoms with van der Waals surface area (Å²) in [6, 6.07) is 5.93. The number of rotatable bonds is 5. The van der Waals surface area contributed by atoms with Crippen molar-refractivity contribution in [1.82, 2.24) is 24.9 Å². The number of carbonyl (C=O) groups excluding carboxylic acids is 1. The van der Waals surface area contributed by atoms with E-state index < -0.39 is 0 Å². The number of aryl methyl sites for hydroxylation is 1. The summed E-state index contributed by atoms with van der Waals surface area (Å²) in [5, 5.41) is 8.35. The van der Waals surface area contributed by atoms with Crippen LogP contribution < -0.4 is 0 Å². The second-order valence-corrected chi connectivity index (χ2v) is 7.57. The Morgan fingerprint density at radius 3 is 2.81 bits per heavy atom. The number of aromatic nitrogens is 4. The van der Waals surface area contributed by atoms with Gasteiger partial charge in [0, 0.05) is 19.3 Å². The lowest BCUT2D eigenvalue weighted by atomic mass is 9.87. The average molecular weight is 353 g/mol. The Morgan fingerprint density at radius 1 is 1.12 bits per heavy atom. The van der Waals surface area contributed by atoms with Crippen molar-refractivity contribution in [1.29, 1.82) is 0 Å². The summed E-state index contributed by atoms with van der Waals surface area (Å²) >= 11 is 0. The van der Waals surface area contributed by atoms with Crippen LogP contribution in [0.25, 0.3) is 0 Å². The molecule has 1 amide bonds. The van der Waals surface area contributed by atoms with Crippen LogP contribution in [0.3, 0.4) is 0 Å². The molecular weight excluding hydrogens is 326 g/mol. The van der Waals surface area contributed by atoms with Gasteiger partial charge in [-0.1, -0.05) is 43.4 Å². The van der Waals surface area contributed by atoms with Gasteiger partial charge in [0.05, 0.1) is 17.9 Å². The molecule has 3 heterocycles. The van der Waals surface area contributed by atoms with Crippen LogP contribution in [0.4, 0.5) is 0 Å². The molecule has 1 saturated heterocycles. The number of likely N-dealkylation sites (tertiary alicyclic amines) is 1. The van der Waals surface area contributed by atoms with Crippen molar-refractivity contribution in [3.05, 3.63) is 42.0 Å². The Kier molecular flexibility index (Phi) is 5.27. The number of pyridine rings is 1. The SMILES string of the molecule is O=C(c1cn(CCC2CCCCC2)nn1)N1CCC[C@@H]1c1ccccn1. The highest BCUT2D eigenvalue weighted by atomic mass is 16.2. The molecule has 1 atom stereocenters. The van der Waals surface area contributed by atoms with Gasteiger partial charge in [0.15, 0.2) is 5.69 Å². The zero-order chi connectivity index (χ0) is 17.8. The van der Waals surface area contributed by atoms with E-state index in [0.29, 0.717) is 5.69 Å². The summed E-state index contributed by atoms with van der Waals surface area (Å²) < 4.78 is 1.84. The van der Waals surface area contributed by atoms with Gasteiger partial charge in [0.1, 0.15) is 0 Å². The normalized spacial score (nSPS) is 21.2. The Balaban J connectivity index is 1.39. The molecule has 138 valence electrons. The summed E-state index contributed by atoms with van der Waals surface area (Å²) in [7, 11) is 0. The molecule has 2 aromatic heterocycles. The number of hydrogen-bond acceptors (Lipinski definition) is 4. The quantitative estimate of drug-likeness (QED) is 0.823. The molecule has 0 unspecified atom stereocenters. The maximum atomic E-state index is 12.9. The second kappa shape index (κ2) is 7.98. The predicted molar refractivity (Wildman–Crippen MR) is 98.5 cm³/mol. The Morgan fingerprint density at radius 2 is 2.00 bits per heavy atom. The first kappa shape index (κ1) is 17.2. The molecule has 1 aliphatic heterocycles. The van der Waals surface area contributed by atoms with E-state index in [1.54, 1.807) is 6.20 Å². The van der Waals surface area contributed by atoms with Crippen LogP contribution >= 0.6 is 0 Å². The lowest BCUT2D eigenvalue weighted by Gasteiger charge is -2.23. The monoisotopic (exact) mass is 353 g/mol. The molecule has 0 radical (unpaired) electrons. The molecule has 1 aliphatic carbocycles. The summed E-state index contributed by atoms with van der Waals surface area (Å²) in [6.45, 7) is 1.61. The van der Waals surface area contributed by atoms with Crippen LogP contribution in [0.2, 0.25) is 0 Å². The number of hydrogen-bond donors (Lipinski definition) is 0. The minimum atomic E-state index is -0.0259. The fraction of sp³-hybridized carbons (Fsp3) is 0.600. The van der Waals surface area contributed by atoms with Gasteiger partial charge in [-0.2, -0.15) is 0 Å². The highest BCUT2D eigenvalue weighted by molar-refractivity contribution is 5.92. The number of amides is 1. The van der Waals surface area contributed by atoms with E-state index in [9.17, 15) is 4.79 Å². The van der Waals surface area contributed by atoms with Crippen LogP contribution in [-0.2, 0) is 6.54 Å². The van der Waals surface area contributed by atoms with E-state index in [4.69, 9.17) is 0 Å². The molecule has 6 heteroatoms. The predicted octanol–water partition coefficient (Wildman–Crippen LogP) is 3.62. The van der Waals surface area contributed by atoms with E-state index >= 15 is 0 Å². The summed E-state index contributed by atoms with van der Waals surface area (Å²) in [5.74, 6) is 0.779. The van der Waals surface area contributed by atoms with Gasteiger partial charge in [0.2, 0.25) is 0 Å². The fourth-order valence-corrected chi connectivity index (χ4v) is 4.33. The highest BCUT2D eigenvalue weighted by Crippen LogP contribution is 2.31. The molecule has 0 N–H and O–H groups in total. The van der Waals surface area contributed by atoms with E-state index in [0.717, 1.165) is 44.0 Å². The summed E-state index contributed by atoms with van der Waals surface area (Å²) in [4.78, 5) is 19.3. The van der Waals surface area contributed by atoms with Gasteiger partial charge < -0.3 is 4.90 Å². The Bertz CT molecular complexity index is 723. The molecule has 2 aromatic rings. The van der Waals surface area contributed by atoms with Crippen LogP contribution in [0.1, 0.15) is 73.6 Å². The largest absolute Gasteiger partial charge is 0.329 e. The first-order valence-corrected chi connectivity index (χ1v) is 9.93. The number of carbonyl (C=O) groups is 1. The summed E-state index contributed by atoms with van der Waals surface area (Å²) in [6.07, 6.45) is 13.5. The molecule has 4 rings (SSSR count).